The van der Waals surface area contributed by atoms with Crippen molar-refractivity contribution in [1.29, 1.82) is 0 Å². The number of nitrogens with zero attached hydrogens (tertiary/aromatic N) is 1. The van der Waals surface area contributed by atoms with Crippen molar-refractivity contribution in [3.8, 4) is 0 Å². The zero-order valence-corrected chi connectivity index (χ0v) is 23.3. The minimum atomic E-state index is -2.40. The fourth-order valence-electron chi connectivity index (χ4n) is 4.95. The molecule has 5 heteroatoms. The lowest BCUT2D eigenvalue weighted by Crippen LogP contribution is -2.50. The predicted octanol–water partition coefficient (Wildman–Crippen LogP) is 7.59. The molecule has 1 atom stereocenters. The summed E-state index contributed by atoms with van der Waals surface area (Å²) in [6.45, 7) is 12.5. The second-order valence-electron chi connectivity index (χ2n) is 9.52. The van der Waals surface area contributed by atoms with Crippen LogP contribution in [0, 0.1) is 0 Å². The maximum atomic E-state index is 5.59. The van der Waals surface area contributed by atoms with Crippen molar-refractivity contribution in [3.05, 3.63) is 0 Å². The summed E-state index contributed by atoms with van der Waals surface area (Å²) in [4.78, 5) is 0. The Hall–Kier alpha value is 0.0569. The summed E-state index contributed by atoms with van der Waals surface area (Å²) < 4.78 is 18.1. The Morgan fingerprint density at radius 3 is 1.29 bits per heavy atom. The molecular weight excluding hydrogens is 402 g/mol. The monoisotopic (exact) mass is 460 g/mol. The average molecular weight is 461 g/mol. The second-order valence-corrected chi connectivity index (χ2v) is 12.6. The molecular formula is C26H58NO3Si+. The fourth-order valence-corrected chi connectivity index (χ4v) is 6.74. The van der Waals surface area contributed by atoms with E-state index in [1.54, 1.807) is 21.3 Å². The molecule has 1 unspecified atom stereocenters. The van der Waals surface area contributed by atoms with Gasteiger partial charge in [-0.15, -0.1) is 0 Å². The topological polar surface area (TPSA) is 27.7 Å². The van der Waals surface area contributed by atoms with E-state index in [0.717, 1.165) is 12.5 Å². The van der Waals surface area contributed by atoms with Gasteiger partial charge in [-0.25, -0.2) is 0 Å². The lowest BCUT2D eigenvalue weighted by molar-refractivity contribution is -0.929. The van der Waals surface area contributed by atoms with Gasteiger partial charge < -0.3 is 17.8 Å². The van der Waals surface area contributed by atoms with E-state index >= 15 is 0 Å². The molecule has 4 nitrogen and oxygen atoms in total. The summed E-state index contributed by atoms with van der Waals surface area (Å²) in [5.41, 5.74) is 0. The number of quaternary nitrogens is 1. The van der Waals surface area contributed by atoms with Crippen LogP contribution in [-0.2, 0) is 13.3 Å². The number of unbranched alkanes of at least 4 members (excludes halogenated alkanes) is 11. The molecule has 0 aliphatic rings. The van der Waals surface area contributed by atoms with Crippen molar-refractivity contribution in [1.82, 2.24) is 0 Å². The van der Waals surface area contributed by atoms with Crippen molar-refractivity contribution in [3.63, 3.8) is 0 Å². The first-order chi connectivity index (χ1) is 15.1. The molecule has 0 radical (unpaired) electrons. The highest BCUT2D eigenvalue weighted by atomic mass is 28.4. The Balaban J connectivity index is 4.51. The lowest BCUT2D eigenvalue weighted by Gasteiger charge is -2.39. The molecule has 0 heterocycles. The molecule has 188 valence electrons. The molecule has 0 saturated carbocycles. The maximum Gasteiger partial charge on any atom is 0.500 e. The van der Waals surface area contributed by atoms with Gasteiger partial charge in [0.1, 0.15) is 0 Å². The fraction of sp³-hybridized carbons (Fsp3) is 1.00. The molecule has 0 fully saturated rings. The number of hydrogen-bond donors (Lipinski definition) is 0. The zero-order chi connectivity index (χ0) is 23.3. The van der Waals surface area contributed by atoms with Crippen molar-refractivity contribution < 1.29 is 17.8 Å². The largest absolute Gasteiger partial charge is 0.500 e. The molecule has 0 aliphatic carbocycles. The van der Waals surface area contributed by atoms with Crippen LogP contribution in [-0.4, -0.2) is 60.8 Å². The van der Waals surface area contributed by atoms with Gasteiger partial charge in [-0.1, -0.05) is 65.7 Å². The van der Waals surface area contributed by atoms with E-state index in [9.17, 15) is 0 Å². The highest BCUT2D eigenvalue weighted by Gasteiger charge is 2.36. The smallest absolute Gasteiger partial charge is 0.377 e. The summed E-state index contributed by atoms with van der Waals surface area (Å²) in [5.74, 6) is 0. The van der Waals surface area contributed by atoms with Crippen molar-refractivity contribution >= 4 is 8.80 Å². The van der Waals surface area contributed by atoms with E-state index < -0.39 is 8.80 Å². The van der Waals surface area contributed by atoms with E-state index in [2.05, 4.69) is 20.8 Å². The summed E-state index contributed by atoms with van der Waals surface area (Å²) in [5, 5.41) is 0. The van der Waals surface area contributed by atoms with Gasteiger partial charge in [0.25, 0.3) is 0 Å². The van der Waals surface area contributed by atoms with E-state index in [1.807, 2.05) is 0 Å². The lowest BCUT2D eigenvalue weighted by atomic mass is 10.1. The maximum absolute atomic E-state index is 5.59. The highest BCUT2D eigenvalue weighted by molar-refractivity contribution is 6.60. The van der Waals surface area contributed by atoms with Crippen LogP contribution in [0.4, 0.5) is 0 Å². The standard InChI is InChI=1S/C26H58NO3Si/c1-7-10-12-13-14-15-16-19-24-27(22-9-3,23-18-11-8-2)25-20-17-21-26-31(28-4,29-5)30-6/h7-26H2,1-6H3/q+1. The molecule has 0 aromatic carbocycles. The van der Waals surface area contributed by atoms with E-state index in [-0.39, 0.29) is 0 Å². The zero-order valence-electron chi connectivity index (χ0n) is 22.3. The normalized spacial score (nSPS) is 14.1. The molecule has 0 bridgehead atoms. The van der Waals surface area contributed by atoms with Crippen molar-refractivity contribution in [2.75, 3.05) is 47.5 Å². The molecule has 0 aromatic rings. The Bertz CT molecular complexity index is 371. The van der Waals surface area contributed by atoms with Gasteiger partial charge in [-0.2, -0.15) is 0 Å². The van der Waals surface area contributed by atoms with Crippen LogP contribution in [0.3, 0.4) is 0 Å². The van der Waals surface area contributed by atoms with Gasteiger partial charge in [0, 0.05) is 27.4 Å². The first kappa shape index (κ1) is 31.1. The van der Waals surface area contributed by atoms with Crippen LogP contribution in [0.15, 0.2) is 0 Å². The van der Waals surface area contributed by atoms with Gasteiger partial charge in [-0.05, 0) is 51.4 Å². The highest BCUT2D eigenvalue weighted by Crippen LogP contribution is 2.21. The molecule has 31 heavy (non-hydrogen) atoms. The Labute approximate surface area is 197 Å². The quantitative estimate of drug-likeness (QED) is 0.0843. The molecule has 0 rings (SSSR count). The third kappa shape index (κ3) is 14.7. The first-order valence-corrected chi connectivity index (χ1v) is 15.5. The van der Waals surface area contributed by atoms with Crippen LogP contribution in [0.2, 0.25) is 6.04 Å². The SMILES string of the molecule is CCCCCCCCCC[N+](CCC)(CCCCC)CCCCC[Si](OC)(OC)OC. The van der Waals surface area contributed by atoms with Gasteiger partial charge in [-0.3, -0.25) is 0 Å². The van der Waals surface area contributed by atoms with Gasteiger partial charge >= 0.3 is 8.80 Å². The van der Waals surface area contributed by atoms with E-state index in [0.29, 0.717) is 0 Å². The van der Waals surface area contributed by atoms with Crippen LogP contribution >= 0.6 is 0 Å². The number of hydrogen-bond acceptors (Lipinski definition) is 3. The van der Waals surface area contributed by atoms with Gasteiger partial charge in [0.2, 0.25) is 0 Å². The Morgan fingerprint density at radius 1 is 0.452 bits per heavy atom. The van der Waals surface area contributed by atoms with Crippen LogP contribution in [0.25, 0.3) is 0 Å². The molecule has 0 aliphatic heterocycles. The molecule has 0 amide bonds. The van der Waals surface area contributed by atoms with Crippen molar-refractivity contribution in [2.45, 2.75) is 123 Å². The van der Waals surface area contributed by atoms with E-state index in [1.165, 1.54) is 121 Å². The predicted molar refractivity (Wildman–Crippen MR) is 138 cm³/mol. The van der Waals surface area contributed by atoms with E-state index in [4.69, 9.17) is 13.3 Å². The second kappa shape index (κ2) is 20.6. The Morgan fingerprint density at radius 2 is 0.839 bits per heavy atom. The molecule has 0 spiro atoms. The summed E-state index contributed by atoms with van der Waals surface area (Å²) in [6.07, 6.45) is 20.4. The minimum Gasteiger partial charge on any atom is -0.377 e. The minimum absolute atomic E-state index is 0.929. The summed E-state index contributed by atoms with van der Waals surface area (Å²) in [7, 11) is 2.76. The molecule has 0 N–H and O–H groups in total. The summed E-state index contributed by atoms with van der Waals surface area (Å²) in [6, 6.07) is 0.929. The third-order valence-electron chi connectivity index (χ3n) is 6.97. The van der Waals surface area contributed by atoms with Crippen LogP contribution in [0.1, 0.15) is 117 Å². The van der Waals surface area contributed by atoms with Crippen LogP contribution < -0.4 is 0 Å². The van der Waals surface area contributed by atoms with Crippen molar-refractivity contribution in [2.24, 2.45) is 0 Å². The van der Waals surface area contributed by atoms with Gasteiger partial charge in [0.05, 0.1) is 26.2 Å². The average Bonchev–Trinajstić information content (AvgIpc) is 2.79. The summed E-state index contributed by atoms with van der Waals surface area (Å²) >= 11 is 0. The number of rotatable bonds is 24. The third-order valence-corrected chi connectivity index (χ3v) is 9.80. The van der Waals surface area contributed by atoms with Crippen LogP contribution in [0.5, 0.6) is 0 Å². The Kier molecular flexibility index (Phi) is 20.7. The van der Waals surface area contributed by atoms with Gasteiger partial charge in [0.15, 0.2) is 0 Å². The molecule has 0 saturated heterocycles. The first-order valence-electron chi connectivity index (χ1n) is 13.6. The molecule has 0 aromatic heterocycles.